The molecule has 0 bridgehead atoms. The largest absolute Gasteiger partial charge is 0.382 e. The molecule has 3 aromatic heterocycles. The number of aryl methyl sites for hydroxylation is 2. The first kappa shape index (κ1) is 14.8. The molecule has 0 radical (unpaired) electrons. The third-order valence-electron chi connectivity index (χ3n) is 3.81. The van der Waals surface area contributed by atoms with Gasteiger partial charge in [-0.15, -0.1) is 0 Å². The van der Waals surface area contributed by atoms with Gasteiger partial charge in [-0.05, 0) is 25.5 Å². The van der Waals surface area contributed by atoms with Gasteiger partial charge in [0.2, 0.25) is 0 Å². The van der Waals surface area contributed by atoms with Crippen LogP contribution >= 0.6 is 0 Å². The lowest BCUT2D eigenvalue weighted by Crippen LogP contribution is -2.19. The number of hydrogen-bond donors (Lipinski definition) is 1. The van der Waals surface area contributed by atoms with Crippen LogP contribution in [0, 0.1) is 18.3 Å². The fraction of sp³-hybridized carbons (Fsp3) is 0.250. The average molecular weight is 307 g/mol. The summed E-state index contributed by atoms with van der Waals surface area (Å²) < 4.78 is 1.91. The number of imidazole rings is 1. The molecule has 23 heavy (non-hydrogen) atoms. The maximum absolute atomic E-state index is 8.96. The van der Waals surface area contributed by atoms with E-state index < -0.39 is 0 Å². The molecule has 0 atom stereocenters. The highest BCUT2D eigenvalue weighted by Gasteiger charge is 2.16. The highest BCUT2D eigenvalue weighted by molar-refractivity contribution is 5.88. The number of fused-ring (bicyclic) bond motifs is 1. The van der Waals surface area contributed by atoms with Crippen LogP contribution in [0.3, 0.4) is 0 Å². The second kappa shape index (κ2) is 5.57. The zero-order valence-corrected chi connectivity index (χ0v) is 13.3. The third-order valence-corrected chi connectivity index (χ3v) is 3.81. The van der Waals surface area contributed by atoms with Crippen LogP contribution in [0.2, 0.25) is 0 Å². The zero-order chi connectivity index (χ0) is 16.6. The van der Waals surface area contributed by atoms with E-state index in [0.29, 0.717) is 23.6 Å². The molecule has 0 aliphatic carbocycles. The zero-order valence-electron chi connectivity index (χ0n) is 13.3. The molecule has 3 heterocycles. The van der Waals surface area contributed by atoms with Gasteiger partial charge in [0.05, 0.1) is 23.7 Å². The van der Waals surface area contributed by atoms with Crippen LogP contribution in [-0.4, -0.2) is 26.1 Å². The van der Waals surface area contributed by atoms with Crippen LogP contribution in [0.5, 0.6) is 0 Å². The maximum atomic E-state index is 8.96. The SMILES string of the molecule is CCN(c1cc2c(ncn2C)c(N)n1)c1cnc(C#N)cc1C. The normalized spacial score (nSPS) is 10.7. The van der Waals surface area contributed by atoms with Crippen molar-refractivity contribution in [2.75, 3.05) is 17.2 Å². The van der Waals surface area contributed by atoms with Crippen molar-refractivity contribution in [1.82, 2.24) is 19.5 Å². The van der Waals surface area contributed by atoms with E-state index in [1.165, 1.54) is 0 Å². The van der Waals surface area contributed by atoms with Crippen LogP contribution in [0.15, 0.2) is 24.7 Å². The summed E-state index contributed by atoms with van der Waals surface area (Å²) in [5.74, 6) is 1.13. The summed E-state index contributed by atoms with van der Waals surface area (Å²) in [4.78, 5) is 14.9. The van der Waals surface area contributed by atoms with Crippen LogP contribution in [0.1, 0.15) is 18.2 Å². The van der Waals surface area contributed by atoms with E-state index in [1.807, 2.05) is 36.4 Å². The van der Waals surface area contributed by atoms with Gasteiger partial charge in [0, 0.05) is 19.7 Å². The number of nitrogens with two attached hydrogens (primary N) is 1. The lowest BCUT2D eigenvalue weighted by Gasteiger charge is -2.24. The van der Waals surface area contributed by atoms with E-state index in [9.17, 15) is 0 Å². The van der Waals surface area contributed by atoms with Crippen molar-refractivity contribution in [2.24, 2.45) is 7.05 Å². The van der Waals surface area contributed by atoms with Crippen LogP contribution in [0.25, 0.3) is 11.0 Å². The van der Waals surface area contributed by atoms with Gasteiger partial charge in [-0.2, -0.15) is 5.26 Å². The van der Waals surface area contributed by atoms with Gasteiger partial charge >= 0.3 is 0 Å². The summed E-state index contributed by atoms with van der Waals surface area (Å²) in [6.07, 6.45) is 3.42. The minimum absolute atomic E-state index is 0.399. The topological polar surface area (TPSA) is 96.7 Å². The molecular formula is C16H17N7. The predicted molar refractivity (Wildman–Crippen MR) is 89.3 cm³/mol. The number of rotatable bonds is 3. The Balaban J connectivity index is 2.15. The second-order valence-electron chi connectivity index (χ2n) is 5.30. The minimum Gasteiger partial charge on any atom is -0.382 e. The summed E-state index contributed by atoms with van der Waals surface area (Å²) in [6, 6.07) is 5.78. The van der Waals surface area contributed by atoms with Crippen LogP contribution in [-0.2, 0) is 7.05 Å². The molecule has 0 unspecified atom stereocenters. The van der Waals surface area contributed by atoms with Gasteiger partial charge in [-0.25, -0.2) is 15.0 Å². The molecule has 7 heteroatoms. The van der Waals surface area contributed by atoms with E-state index in [1.54, 1.807) is 18.6 Å². The fourth-order valence-corrected chi connectivity index (χ4v) is 2.62. The molecule has 0 saturated heterocycles. The minimum atomic E-state index is 0.399. The van der Waals surface area contributed by atoms with Crippen LogP contribution < -0.4 is 10.6 Å². The highest BCUT2D eigenvalue weighted by Crippen LogP contribution is 2.30. The van der Waals surface area contributed by atoms with Crippen molar-refractivity contribution in [3.05, 3.63) is 35.9 Å². The Morgan fingerprint density at radius 1 is 1.35 bits per heavy atom. The number of nitrogens with zero attached hydrogens (tertiary/aromatic N) is 6. The first-order valence-corrected chi connectivity index (χ1v) is 7.27. The Labute approximate surface area is 134 Å². The smallest absolute Gasteiger partial charge is 0.154 e. The molecule has 0 aromatic carbocycles. The van der Waals surface area contributed by atoms with Gasteiger partial charge in [0.25, 0.3) is 0 Å². The van der Waals surface area contributed by atoms with Gasteiger partial charge in [-0.3, -0.25) is 0 Å². The Morgan fingerprint density at radius 3 is 2.78 bits per heavy atom. The Kier molecular flexibility index (Phi) is 3.58. The van der Waals surface area contributed by atoms with E-state index in [0.717, 1.165) is 22.6 Å². The molecule has 2 N–H and O–H groups in total. The van der Waals surface area contributed by atoms with E-state index in [2.05, 4.69) is 21.0 Å². The predicted octanol–water partition coefficient (Wildman–Crippen LogP) is 2.28. The molecule has 0 spiro atoms. The molecule has 0 amide bonds. The van der Waals surface area contributed by atoms with E-state index in [-0.39, 0.29) is 0 Å². The van der Waals surface area contributed by atoms with Gasteiger partial charge in [-0.1, -0.05) is 0 Å². The molecular weight excluding hydrogens is 290 g/mol. The monoisotopic (exact) mass is 307 g/mol. The summed E-state index contributed by atoms with van der Waals surface area (Å²) in [5, 5.41) is 8.96. The molecule has 0 fully saturated rings. The first-order valence-electron chi connectivity index (χ1n) is 7.27. The van der Waals surface area contributed by atoms with Crippen molar-refractivity contribution in [3.63, 3.8) is 0 Å². The number of aromatic nitrogens is 4. The Hall–Kier alpha value is -3.14. The fourth-order valence-electron chi connectivity index (χ4n) is 2.62. The number of nitriles is 1. The lowest BCUT2D eigenvalue weighted by atomic mass is 10.2. The maximum Gasteiger partial charge on any atom is 0.154 e. The first-order chi connectivity index (χ1) is 11.0. The average Bonchev–Trinajstić information content (AvgIpc) is 2.91. The van der Waals surface area contributed by atoms with Gasteiger partial charge in [0.1, 0.15) is 23.1 Å². The Morgan fingerprint density at radius 2 is 2.13 bits per heavy atom. The summed E-state index contributed by atoms with van der Waals surface area (Å²) in [5.41, 5.74) is 9.93. The van der Waals surface area contributed by atoms with Gasteiger partial charge in [0.15, 0.2) is 5.82 Å². The van der Waals surface area contributed by atoms with Crippen molar-refractivity contribution < 1.29 is 0 Å². The Bertz CT molecular complexity index is 920. The molecule has 7 nitrogen and oxygen atoms in total. The highest BCUT2D eigenvalue weighted by atomic mass is 15.2. The van der Waals surface area contributed by atoms with Crippen LogP contribution in [0.4, 0.5) is 17.3 Å². The van der Waals surface area contributed by atoms with Crippen molar-refractivity contribution >= 4 is 28.4 Å². The number of pyridine rings is 2. The molecule has 0 aliphatic heterocycles. The van der Waals surface area contributed by atoms with Crippen molar-refractivity contribution in [1.29, 1.82) is 5.26 Å². The quantitative estimate of drug-likeness (QED) is 0.797. The second-order valence-corrected chi connectivity index (χ2v) is 5.30. The molecule has 116 valence electrons. The summed E-state index contributed by atoms with van der Waals surface area (Å²) in [7, 11) is 1.92. The summed E-state index contributed by atoms with van der Waals surface area (Å²) >= 11 is 0. The standard InChI is InChI=1S/C16H17N7/c1-4-23(13-8-19-11(7-17)5-10(13)2)14-6-12-15(16(18)21-14)20-9-22(12)3/h5-6,8-9H,4H2,1-3H3,(H2,18,21). The van der Waals surface area contributed by atoms with Crippen molar-refractivity contribution in [2.45, 2.75) is 13.8 Å². The molecule has 0 aliphatic rings. The lowest BCUT2D eigenvalue weighted by molar-refractivity contribution is 0.942. The number of anilines is 3. The number of hydrogen-bond acceptors (Lipinski definition) is 6. The van der Waals surface area contributed by atoms with Gasteiger partial charge < -0.3 is 15.2 Å². The van der Waals surface area contributed by atoms with Crippen molar-refractivity contribution in [3.8, 4) is 6.07 Å². The third kappa shape index (κ3) is 2.44. The number of nitrogen functional groups attached to an aromatic ring is 1. The molecule has 3 rings (SSSR count). The molecule has 0 saturated carbocycles. The summed E-state index contributed by atoms with van der Waals surface area (Å²) in [6.45, 7) is 4.68. The molecule has 3 aromatic rings. The van der Waals surface area contributed by atoms with E-state index >= 15 is 0 Å². The van der Waals surface area contributed by atoms with E-state index in [4.69, 9.17) is 11.0 Å².